The van der Waals surface area contributed by atoms with Gasteiger partial charge in [-0.05, 0) is 43.2 Å². The van der Waals surface area contributed by atoms with Crippen LogP contribution in [0, 0.1) is 13.8 Å². The van der Waals surface area contributed by atoms with Crippen LogP contribution in [0.3, 0.4) is 0 Å². The van der Waals surface area contributed by atoms with Crippen LogP contribution in [0.4, 0.5) is 5.69 Å². The van der Waals surface area contributed by atoms with E-state index in [0.29, 0.717) is 6.54 Å². The fraction of sp³-hybridized carbons (Fsp3) is 0.333. The van der Waals surface area contributed by atoms with Crippen LogP contribution in [0.5, 0.6) is 0 Å². The fourth-order valence-corrected chi connectivity index (χ4v) is 2.06. The maximum absolute atomic E-state index is 5.72. The van der Waals surface area contributed by atoms with Gasteiger partial charge in [-0.2, -0.15) is 0 Å². The van der Waals surface area contributed by atoms with Crippen LogP contribution in [-0.4, -0.2) is 7.05 Å². The molecule has 0 spiro atoms. The number of nitrogens with zero attached hydrogens (tertiary/aromatic N) is 1. The highest BCUT2D eigenvalue weighted by molar-refractivity contribution is 5.47. The molecule has 3 nitrogen and oxygen atoms in total. The quantitative estimate of drug-likeness (QED) is 0.899. The van der Waals surface area contributed by atoms with Crippen LogP contribution >= 0.6 is 0 Å². The predicted octanol–water partition coefficient (Wildman–Crippen LogP) is 2.99. The largest absolute Gasteiger partial charge is 0.463 e. The van der Waals surface area contributed by atoms with Gasteiger partial charge in [0.05, 0.1) is 13.1 Å². The van der Waals surface area contributed by atoms with Crippen LogP contribution in [-0.2, 0) is 13.1 Å². The molecule has 0 saturated carbocycles. The molecule has 18 heavy (non-hydrogen) atoms. The van der Waals surface area contributed by atoms with Crippen molar-refractivity contribution in [3.05, 3.63) is 53.0 Å². The van der Waals surface area contributed by atoms with Crippen molar-refractivity contribution in [2.45, 2.75) is 26.9 Å². The number of hydrogen-bond donors (Lipinski definition) is 1. The Morgan fingerprint density at radius 3 is 2.61 bits per heavy atom. The van der Waals surface area contributed by atoms with Crippen molar-refractivity contribution in [1.29, 1.82) is 0 Å². The first-order chi connectivity index (χ1) is 8.60. The topological polar surface area (TPSA) is 42.4 Å². The van der Waals surface area contributed by atoms with E-state index in [1.165, 1.54) is 11.3 Å². The molecule has 0 aliphatic carbocycles. The summed E-state index contributed by atoms with van der Waals surface area (Å²) in [5.74, 6) is 1.83. The average molecular weight is 244 g/mol. The highest BCUT2D eigenvalue weighted by atomic mass is 16.3. The third-order valence-corrected chi connectivity index (χ3v) is 3.09. The molecule has 0 aliphatic heterocycles. The second-order valence-electron chi connectivity index (χ2n) is 4.72. The van der Waals surface area contributed by atoms with E-state index in [0.717, 1.165) is 23.6 Å². The molecule has 2 aromatic rings. The number of rotatable bonds is 4. The number of furan rings is 1. The van der Waals surface area contributed by atoms with Crippen LogP contribution < -0.4 is 10.6 Å². The molecule has 0 aliphatic rings. The van der Waals surface area contributed by atoms with Gasteiger partial charge in [-0.1, -0.05) is 12.1 Å². The third-order valence-electron chi connectivity index (χ3n) is 3.09. The summed E-state index contributed by atoms with van der Waals surface area (Å²) in [4.78, 5) is 2.17. The van der Waals surface area contributed by atoms with E-state index in [-0.39, 0.29) is 0 Å². The minimum absolute atomic E-state index is 0.458. The van der Waals surface area contributed by atoms with Crippen molar-refractivity contribution in [2.75, 3.05) is 11.9 Å². The summed E-state index contributed by atoms with van der Waals surface area (Å²) >= 11 is 0. The average Bonchev–Trinajstić information content (AvgIpc) is 2.69. The molecular formula is C15H20N2O. The first kappa shape index (κ1) is 12.7. The minimum atomic E-state index is 0.458. The molecular weight excluding hydrogens is 224 g/mol. The van der Waals surface area contributed by atoms with Gasteiger partial charge < -0.3 is 15.1 Å². The normalized spacial score (nSPS) is 10.7. The molecule has 2 rings (SSSR count). The standard InChI is InChI=1S/C15H20N2O/c1-11-5-4-6-13(7-11)17(3)10-14-8-12(2)15(9-16)18-14/h4-8H,9-10,16H2,1-3H3. The van der Waals surface area contributed by atoms with Crippen molar-refractivity contribution in [3.8, 4) is 0 Å². The Morgan fingerprint density at radius 2 is 2.00 bits per heavy atom. The maximum atomic E-state index is 5.72. The summed E-state index contributed by atoms with van der Waals surface area (Å²) in [7, 11) is 2.06. The Kier molecular flexibility index (Phi) is 3.72. The lowest BCUT2D eigenvalue weighted by molar-refractivity contribution is 0.463. The number of hydrogen-bond acceptors (Lipinski definition) is 3. The summed E-state index contributed by atoms with van der Waals surface area (Å²) < 4.78 is 5.72. The fourth-order valence-electron chi connectivity index (χ4n) is 2.06. The third kappa shape index (κ3) is 2.74. The molecule has 0 amide bonds. The SMILES string of the molecule is Cc1cccc(N(C)Cc2cc(C)c(CN)o2)c1. The lowest BCUT2D eigenvalue weighted by atomic mass is 10.2. The van der Waals surface area contributed by atoms with Crippen LogP contribution in [0.1, 0.15) is 22.6 Å². The van der Waals surface area contributed by atoms with E-state index >= 15 is 0 Å². The van der Waals surface area contributed by atoms with Crippen LogP contribution in [0.2, 0.25) is 0 Å². The molecule has 1 aromatic carbocycles. The number of benzene rings is 1. The molecule has 0 unspecified atom stereocenters. The number of anilines is 1. The number of aryl methyl sites for hydroxylation is 2. The van der Waals surface area contributed by atoms with Gasteiger partial charge in [-0.15, -0.1) is 0 Å². The summed E-state index contributed by atoms with van der Waals surface area (Å²) in [5.41, 5.74) is 9.20. The molecule has 0 radical (unpaired) electrons. The zero-order valence-corrected chi connectivity index (χ0v) is 11.2. The van der Waals surface area contributed by atoms with E-state index < -0.39 is 0 Å². The van der Waals surface area contributed by atoms with Gasteiger partial charge in [0, 0.05) is 12.7 Å². The van der Waals surface area contributed by atoms with Gasteiger partial charge in [0.25, 0.3) is 0 Å². The minimum Gasteiger partial charge on any atom is -0.463 e. The predicted molar refractivity (Wildman–Crippen MR) is 74.6 cm³/mol. The van der Waals surface area contributed by atoms with E-state index in [1.807, 2.05) is 6.92 Å². The highest BCUT2D eigenvalue weighted by Gasteiger charge is 2.09. The van der Waals surface area contributed by atoms with Crippen molar-refractivity contribution >= 4 is 5.69 Å². The molecule has 0 atom stereocenters. The lowest BCUT2D eigenvalue weighted by Gasteiger charge is -2.18. The first-order valence-corrected chi connectivity index (χ1v) is 6.16. The molecule has 3 heteroatoms. The van der Waals surface area contributed by atoms with Gasteiger partial charge in [0.1, 0.15) is 11.5 Å². The second kappa shape index (κ2) is 5.27. The van der Waals surface area contributed by atoms with Gasteiger partial charge in [0.2, 0.25) is 0 Å². The molecule has 96 valence electrons. The highest BCUT2D eigenvalue weighted by Crippen LogP contribution is 2.20. The summed E-state index contributed by atoms with van der Waals surface area (Å²) in [5, 5.41) is 0. The number of nitrogens with two attached hydrogens (primary N) is 1. The Morgan fingerprint density at radius 1 is 1.22 bits per heavy atom. The van der Waals surface area contributed by atoms with Crippen LogP contribution in [0.15, 0.2) is 34.7 Å². The molecule has 0 saturated heterocycles. The monoisotopic (exact) mass is 244 g/mol. The Hall–Kier alpha value is -1.74. The summed E-state index contributed by atoms with van der Waals surface area (Å²) in [6.45, 7) is 5.34. The van der Waals surface area contributed by atoms with E-state index in [1.54, 1.807) is 0 Å². The van der Waals surface area contributed by atoms with Crippen molar-refractivity contribution < 1.29 is 4.42 Å². The van der Waals surface area contributed by atoms with Gasteiger partial charge >= 0.3 is 0 Å². The summed E-state index contributed by atoms with van der Waals surface area (Å²) in [6, 6.07) is 10.5. The van der Waals surface area contributed by atoms with E-state index in [4.69, 9.17) is 10.2 Å². The van der Waals surface area contributed by atoms with Gasteiger partial charge in [-0.3, -0.25) is 0 Å². The molecule has 1 heterocycles. The maximum Gasteiger partial charge on any atom is 0.123 e. The van der Waals surface area contributed by atoms with Gasteiger partial charge in [-0.25, -0.2) is 0 Å². The second-order valence-corrected chi connectivity index (χ2v) is 4.72. The molecule has 2 N–H and O–H groups in total. The zero-order valence-electron chi connectivity index (χ0n) is 11.2. The molecule has 0 bridgehead atoms. The van der Waals surface area contributed by atoms with Crippen molar-refractivity contribution in [2.24, 2.45) is 5.73 Å². The Balaban J connectivity index is 2.13. The smallest absolute Gasteiger partial charge is 0.123 e. The van der Waals surface area contributed by atoms with Crippen LogP contribution in [0.25, 0.3) is 0 Å². The lowest BCUT2D eigenvalue weighted by Crippen LogP contribution is -2.15. The van der Waals surface area contributed by atoms with E-state index in [9.17, 15) is 0 Å². The zero-order chi connectivity index (χ0) is 13.1. The molecule has 0 fully saturated rings. The first-order valence-electron chi connectivity index (χ1n) is 6.16. The van der Waals surface area contributed by atoms with Crippen molar-refractivity contribution in [3.63, 3.8) is 0 Å². The van der Waals surface area contributed by atoms with Gasteiger partial charge in [0.15, 0.2) is 0 Å². The summed E-state index contributed by atoms with van der Waals surface area (Å²) in [6.07, 6.45) is 0. The molecule has 1 aromatic heterocycles. The van der Waals surface area contributed by atoms with E-state index in [2.05, 4.69) is 49.2 Å². The Bertz CT molecular complexity index is 531. The van der Waals surface area contributed by atoms with Crippen molar-refractivity contribution in [1.82, 2.24) is 0 Å². The Labute approximate surface area is 108 Å².